The summed E-state index contributed by atoms with van der Waals surface area (Å²) in [5, 5.41) is 1.11. The summed E-state index contributed by atoms with van der Waals surface area (Å²) in [4.78, 5) is 0. The zero-order chi connectivity index (χ0) is 9.40. The number of alkyl halides is 1. The van der Waals surface area contributed by atoms with Crippen LogP contribution in [0.25, 0.3) is 0 Å². The molecule has 0 aromatic heterocycles. The van der Waals surface area contributed by atoms with Crippen LogP contribution in [0.15, 0.2) is 0 Å². The molecule has 0 aliphatic rings. The SMILES string of the molecule is CCC(CBr)CCOCC(C)C. The summed E-state index contributed by atoms with van der Waals surface area (Å²) in [5.41, 5.74) is 0. The Hall–Kier alpha value is 0.440. The molecule has 0 N–H and O–H groups in total. The number of rotatable bonds is 7. The third-order valence-corrected chi connectivity index (χ3v) is 2.83. The van der Waals surface area contributed by atoms with Crippen LogP contribution in [-0.2, 0) is 4.74 Å². The van der Waals surface area contributed by atoms with Gasteiger partial charge >= 0.3 is 0 Å². The molecule has 0 heterocycles. The number of ether oxygens (including phenoxy) is 1. The normalized spacial score (nSPS) is 13.8. The standard InChI is InChI=1S/C10H21BrO/c1-4-10(7-11)5-6-12-8-9(2)3/h9-10H,4-8H2,1-3H3. The summed E-state index contributed by atoms with van der Waals surface area (Å²) in [6.07, 6.45) is 2.44. The van der Waals surface area contributed by atoms with Crippen molar-refractivity contribution in [2.75, 3.05) is 18.5 Å². The van der Waals surface area contributed by atoms with Crippen molar-refractivity contribution < 1.29 is 4.74 Å². The average Bonchev–Trinajstić information content (AvgIpc) is 2.04. The second-order valence-corrected chi connectivity index (χ2v) is 4.33. The lowest BCUT2D eigenvalue weighted by atomic mass is 10.1. The molecule has 0 bridgehead atoms. The Morgan fingerprint density at radius 1 is 1.33 bits per heavy atom. The van der Waals surface area contributed by atoms with Crippen LogP contribution in [0, 0.1) is 11.8 Å². The molecule has 1 nitrogen and oxygen atoms in total. The van der Waals surface area contributed by atoms with Crippen LogP contribution in [0.3, 0.4) is 0 Å². The lowest BCUT2D eigenvalue weighted by Crippen LogP contribution is -2.08. The molecule has 0 spiro atoms. The van der Waals surface area contributed by atoms with Gasteiger partial charge in [0.2, 0.25) is 0 Å². The molecule has 0 aliphatic heterocycles. The van der Waals surface area contributed by atoms with Gasteiger partial charge in [0.05, 0.1) is 0 Å². The highest BCUT2D eigenvalue weighted by Gasteiger charge is 2.03. The van der Waals surface area contributed by atoms with Gasteiger partial charge in [0.1, 0.15) is 0 Å². The Balaban J connectivity index is 3.17. The van der Waals surface area contributed by atoms with E-state index in [9.17, 15) is 0 Å². The molecular formula is C10H21BrO. The first kappa shape index (κ1) is 12.4. The Kier molecular flexibility index (Phi) is 8.35. The topological polar surface area (TPSA) is 9.23 Å². The number of hydrogen-bond donors (Lipinski definition) is 0. The first-order chi connectivity index (χ1) is 5.70. The van der Waals surface area contributed by atoms with E-state index < -0.39 is 0 Å². The van der Waals surface area contributed by atoms with Gasteiger partial charge in [0.15, 0.2) is 0 Å². The van der Waals surface area contributed by atoms with E-state index in [-0.39, 0.29) is 0 Å². The van der Waals surface area contributed by atoms with Crippen molar-refractivity contribution in [3.8, 4) is 0 Å². The van der Waals surface area contributed by atoms with Gasteiger partial charge in [-0.05, 0) is 18.3 Å². The van der Waals surface area contributed by atoms with Gasteiger partial charge in [-0.1, -0.05) is 43.1 Å². The van der Waals surface area contributed by atoms with Crippen LogP contribution in [0.5, 0.6) is 0 Å². The van der Waals surface area contributed by atoms with E-state index in [1.54, 1.807) is 0 Å². The smallest absolute Gasteiger partial charge is 0.0488 e. The summed E-state index contributed by atoms with van der Waals surface area (Å²) < 4.78 is 5.51. The minimum atomic E-state index is 0.661. The van der Waals surface area contributed by atoms with E-state index >= 15 is 0 Å². The molecule has 1 unspecified atom stereocenters. The van der Waals surface area contributed by atoms with Crippen LogP contribution in [0.2, 0.25) is 0 Å². The second kappa shape index (κ2) is 8.06. The molecule has 0 radical (unpaired) electrons. The fraction of sp³-hybridized carbons (Fsp3) is 1.00. The maximum Gasteiger partial charge on any atom is 0.0488 e. The Bertz CT molecular complexity index is 89.8. The molecule has 0 fully saturated rings. The average molecular weight is 237 g/mol. The molecule has 0 rings (SSSR count). The Morgan fingerprint density at radius 3 is 2.42 bits per heavy atom. The molecule has 74 valence electrons. The molecule has 1 atom stereocenters. The lowest BCUT2D eigenvalue weighted by molar-refractivity contribution is 0.0995. The molecule has 0 saturated heterocycles. The van der Waals surface area contributed by atoms with Crippen molar-refractivity contribution in [2.45, 2.75) is 33.6 Å². The van der Waals surface area contributed by atoms with Gasteiger partial charge < -0.3 is 4.74 Å². The van der Waals surface area contributed by atoms with E-state index in [4.69, 9.17) is 4.74 Å². The fourth-order valence-corrected chi connectivity index (χ4v) is 1.74. The van der Waals surface area contributed by atoms with Gasteiger partial charge in [0.25, 0.3) is 0 Å². The highest BCUT2D eigenvalue weighted by molar-refractivity contribution is 9.09. The number of hydrogen-bond acceptors (Lipinski definition) is 1. The molecular weight excluding hydrogens is 216 g/mol. The van der Waals surface area contributed by atoms with Gasteiger partial charge in [-0.3, -0.25) is 0 Å². The van der Waals surface area contributed by atoms with Gasteiger partial charge in [0, 0.05) is 18.5 Å². The molecule has 2 heteroatoms. The van der Waals surface area contributed by atoms with Crippen LogP contribution in [0.4, 0.5) is 0 Å². The fourth-order valence-electron chi connectivity index (χ4n) is 0.959. The van der Waals surface area contributed by atoms with E-state index in [0.29, 0.717) is 5.92 Å². The maximum absolute atomic E-state index is 5.51. The minimum absolute atomic E-state index is 0.661. The van der Waals surface area contributed by atoms with Crippen LogP contribution in [-0.4, -0.2) is 18.5 Å². The van der Waals surface area contributed by atoms with Gasteiger partial charge in [-0.25, -0.2) is 0 Å². The monoisotopic (exact) mass is 236 g/mol. The van der Waals surface area contributed by atoms with E-state index in [2.05, 4.69) is 36.7 Å². The highest BCUT2D eigenvalue weighted by Crippen LogP contribution is 2.11. The summed E-state index contributed by atoms with van der Waals surface area (Å²) >= 11 is 3.50. The van der Waals surface area contributed by atoms with E-state index in [1.807, 2.05) is 0 Å². The summed E-state index contributed by atoms with van der Waals surface area (Å²) in [7, 11) is 0. The molecule has 12 heavy (non-hydrogen) atoms. The quantitative estimate of drug-likeness (QED) is 0.486. The Labute approximate surface area is 85.0 Å². The molecule has 0 aromatic carbocycles. The maximum atomic E-state index is 5.51. The van der Waals surface area contributed by atoms with Crippen molar-refractivity contribution in [3.63, 3.8) is 0 Å². The van der Waals surface area contributed by atoms with Gasteiger partial charge in [-0.2, -0.15) is 0 Å². The predicted molar refractivity (Wildman–Crippen MR) is 57.8 cm³/mol. The van der Waals surface area contributed by atoms with Crippen molar-refractivity contribution in [2.24, 2.45) is 11.8 Å². The third-order valence-electron chi connectivity index (χ3n) is 1.92. The van der Waals surface area contributed by atoms with Crippen molar-refractivity contribution in [3.05, 3.63) is 0 Å². The second-order valence-electron chi connectivity index (χ2n) is 3.69. The summed E-state index contributed by atoms with van der Waals surface area (Å²) in [6, 6.07) is 0. The summed E-state index contributed by atoms with van der Waals surface area (Å²) in [5.74, 6) is 1.45. The largest absolute Gasteiger partial charge is 0.381 e. The molecule has 0 aliphatic carbocycles. The zero-order valence-corrected chi connectivity index (χ0v) is 10.1. The Morgan fingerprint density at radius 2 is 2.00 bits per heavy atom. The van der Waals surface area contributed by atoms with Crippen LogP contribution >= 0.6 is 15.9 Å². The first-order valence-electron chi connectivity index (χ1n) is 4.84. The number of halogens is 1. The highest BCUT2D eigenvalue weighted by atomic mass is 79.9. The molecule has 0 amide bonds. The van der Waals surface area contributed by atoms with E-state index in [1.165, 1.54) is 12.8 Å². The zero-order valence-electron chi connectivity index (χ0n) is 8.48. The van der Waals surface area contributed by atoms with Crippen LogP contribution in [0.1, 0.15) is 33.6 Å². The lowest BCUT2D eigenvalue weighted by Gasteiger charge is -2.12. The molecule has 0 saturated carbocycles. The minimum Gasteiger partial charge on any atom is -0.381 e. The van der Waals surface area contributed by atoms with Crippen LogP contribution < -0.4 is 0 Å². The first-order valence-corrected chi connectivity index (χ1v) is 5.96. The molecule has 0 aromatic rings. The predicted octanol–water partition coefficient (Wildman–Crippen LogP) is 3.47. The van der Waals surface area contributed by atoms with Crippen molar-refractivity contribution in [1.82, 2.24) is 0 Å². The van der Waals surface area contributed by atoms with Crippen molar-refractivity contribution >= 4 is 15.9 Å². The summed E-state index contributed by atoms with van der Waals surface area (Å²) in [6.45, 7) is 8.42. The van der Waals surface area contributed by atoms with E-state index in [0.717, 1.165) is 24.5 Å². The third kappa shape index (κ3) is 7.11. The van der Waals surface area contributed by atoms with Gasteiger partial charge in [-0.15, -0.1) is 0 Å². The van der Waals surface area contributed by atoms with Crippen molar-refractivity contribution in [1.29, 1.82) is 0 Å².